The molecule has 0 aliphatic heterocycles. The smallest absolute Gasteiger partial charge is 0.406 e. The molecule has 0 spiro atoms. The largest absolute Gasteiger partial charge is 0.573 e. The fourth-order valence-corrected chi connectivity index (χ4v) is 2.88. The van der Waals surface area contributed by atoms with E-state index in [4.69, 9.17) is 0 Å². The second kappa shape index (κ2) is 6.48. The fraction of sp³-hybridized carbons (Fsp3) is 0.600. The first-order valence-corrected chi connectivity index (χ1v) is 7.08. The van der Waals surface area contributed by atoms with Crippen molar-refractivity contribution >= 4 is 0 Å². The highest BCUT2D eigenvalue weighted by molar-refractivity contribution is 5.32. The molecule has 1 aliphatic carbocycles. The van der Waals surface area contributed by atoms with Crippen LogP contribution in [0.15, 0.2) is 24.3 Å². The molecule has 5 heteroatoms. The molecule has 0 bridgehead atoms. The van der Waals surface area contributed by atoms with Gasteiger partial charge in [-0.1, -0.05) is 25.5 Å². The average Bonchev–Trinajstić information content (AvgIpc) is 2.83. The zero-order chi connectivity index (χ0) is 14.6. The van der Waals surface area contributed by atoms with Crippen molar-refractivity contribution in [2.24, 2.45) is 0 Å². The topological polar surface area (TPSA) is 21.3 Å². The molecule has 0 saturated heterocycles. The third-order valence-electron chi connectivity index (χ3n) is 3.69. The van der Waals surface area contributed by atoms with E-state index in [1.54, 1.807) is 6.07 Å². The van der Waals surface area contributed by atoms with Crippen molar-refractivity contribution in [3.05, 3.63) is 29.8 Å². The Labute approximate surface area is 117 Å². The summed E-state index contributed by atoms with van der Waals surface area (Å²) in [6, 6.07) is 6.74. The molecule has 2 nitrogen and oxygen atoms in total. The molecule has 2 rings (SSSR count). The van der Waals surface area contributed by atoms with E-state index in [0.29, 0.717) is 6.04 Å². The predicted octanol–water partition coefficient (Wildman–Crippen LogP) is 4.22. The van der Waals surface area contributed by atoms with Crippen LogP contribution in [0.5, 0.6) is 5.75 Å². The van der Waals surface area contributed by atoms with E-state index in [0.717, 1.165) is 37.8 Å². The molecule has 1 fully saturated rings. The minimum Gasteiger partial charge on any atom is -0.406 e. The summed E-state index contributed by atoms with van der Waals surface area (Å²) in [6.07, 6.45) is -0.378. The number of rotatable bonds is 5. The Bertz CT molecular complexity index is 433. The molecule has 2 unspecified atom stereocenters. The van der Waals surface area contributed by atoms with Gasteiger partial charge in [0.15, 0.2) is 0 Å². The summed E-state index contributed by atoms with van der Waals surface area (Å²) in [5.74, 6) is 0.148. The van der Waals surface area contributed by atoms with Crippen LogP contribution in [-0.2, 0) is 0 Å². The van der Waals surface area contributed by atoms with E-state index in [1.807, 2.05) is 6.07 Å². The van der Waals surface area contributed by atoms with Crippen LogP contribution in [0.1, 0.15) is 44.1 Å². The van der Waals surface area contributed by atoms with Gasteiger partial charge in [-0.3, -0.25) is 0 Å². The number of alkyl halides is 3. The van der Waals surface area contributed by atoms with Crippen LogP contribution in [0.25, 0.3) is 0 Å². The van der Waals surface area contributed by atoms with E-state index in [9.17, 15) is 13.2 Å². The maximum Gasteiger partial charge on any atom is 0.573 e. The highest BCUT2D eigenvalue weighted by Crippen LogP contribution is 2.36. The highest BCUT2D eigenvalue weighted by atomic mass is 19.4. The van der Waals surface area contributed by atoms with Crippen molar-refractivity contribution in [2.75, 3.05) is 6.54 Å². The van der Waals surface area contributed by atoms with Gasteiger partial charge in [-0.2, -0.15) is 0 Å². The Balaban J connectivity index is 2.09. The van der Waals surface area contributed by atoms with Crippen LogP contribution < -0.4 is 10.1 Å². The second-order valence-corrected chi connectivity index (χ2v) is 5.22. The number of ether oxygens (including phenoxy) is 1. The lowest BCUT2D eigenvalue weighted by molar-refractivity contribution is -0.274. The zero-order valence-corrected chi connectivity index (χ0v) is 11.5. The minimum absolute atomic E-state index is 0.129. The summed E-state index contributed by atoms with van der Waals surface area (Å²) in [6.45, 7) is 3.05. The lowest BCUT2D eigenvalue weighted by Gasteiger charge is -2.22. The third kappa shape index (κ3) is 4.13. The molecule has 1 aliphatic rings. The first-order chi connectivity index (χ1) is 9.49. The van der Waals surface area contributed by atoms with Gasteiger partial charge >= 0.3 is 6.36 Å². The van der Waals surface area contributed by atoms with E-state index in [1.165, 1.54) is 12.1 Å². The molecule has 2 atom stereocenters. The Kier molecular flexibility index (Phi) is 4.91. The van der Waals surface area contributed by atoms with Gasteiger partial charge in [-0.05, 0) is 49.4 Å². The van der Waals surface area contributed by atoms with Crippen molar-refractivity contribution in [2.45, 2.75) is 50.9 Å². The van der Waals surface area contributed by atoms with E-state index in [2.05, 4.69) is 17.0 Å². The SMILES string of the molecule is CCCNC1CCCC1c1cccc(OC(F)(F)F)c1. The number of nitrogens with one attached hydrogen (secondary N) is 1. The molecule has 1 aromatic rings. The van der Waals surface area contributed by atoms with Crippen LogP contribution in [0.2, 0.25) is 0 Å². The quantitative estimate of drug-likeness (QED) is 0.875. The monoisotopic (exact) mass is 287 g/mol. The van der Waals surface area contributed by atoms with Crippen molar-refractivity contribution in [1.29, 1.82) is 0 Å². The van der Waals surface area contributed by atoms with Crippen molar-refractivity contribution in [3.63, 3.8) is 0 Å². The second-order valence-electron chi connectivity index (χ2n) is 5.22. The Morgan fingerprint density at radius 2 is 2.10 bits per heavy atom. The minimum atomic E-state index is -4.63. The first-order valence-electron chi connectivity index (χ1n) is 7.08. The van der Waals surface area contributed by atoms with E-state index in [-0.39, 0.29) is 11.7 Å². The summed E-state index contributed by atoms with van der Waals surface area (Å²) in [4.78, 5) is 0. The molecule has 0 radical (unpaired) electrons. The van der Waals surface area contributed by atoms with Gasteiger partial charge in [0.05, 0.1) is 0 Å². The molecule has 1 aromatic carbocycles. The van der Waals surface area contributed by atoms with E-state index >= 15 is 0 Å². The molecular formula is C15H20F3NO. The lowest BCUT2D eigenvalue weighted by Crippen LogP contribution is -2.31. The Morgan fingerprint density at radius 1 is 1.30 bits per heavy atom. The van der Waals surface area contributed by atoms with Gasteiger partial charge in [0.1, 0.15) is 5.75 Å². The van der Waals surface area contributed by atoms with Crippen molar-refractivity contribution in [3.8, 4) is 5.75 Å². The van der Waals surface area contributed by atoms with Gasteiger partial charge in [0, 0.05) is 6.04 Å². The summed E-state index contributed by atoms with van der Waals surface area (Å²) in [5.41, 5.74) is 0.929. The van der Waals surface area contributed by atoms with Gasteiger partial charge in [-0.25, -0.2) is 0 Å². The fourth-order valence-electron chi connectivity index (χ4n) is 2.88. The molecule has 0 heterocycles. The maximum absolute atomic E-state index is 12.3. The zero-order valence-electron chi connectivity index (χ0n) is 11.5. The third-order valence-corrected chi connectivity index (χ3v) is 3.69. The molecule has 0 amide bonds. The lowest BCUT2D eigenvalue weighted by atomic mass is 9.94. The molecule has 112 valence electrons. The Hall–Kier alpha value is -1.23. The summed E-state index contributed by atoms with van der Waals surface area (Å²) in [7, 11) is 0. The number of hydrogen-bond acceptors (Lipinski definition) is 2. The highest BCUT2D eigenvalue weighted by Gasteiger charge is 2.32. The van der Waals surface area contributed by atoms with Crippen LogP contribution in [0.3, 0.4) is 0 Å². The molecule has 0 aromatic heterocycles. The molecule has 20 heavy (non-hydrogen) atoms. The van der Waals surface area contributed by atoms with Crippen molar-refractivity contribution in [1.82, 2.24) is 5.32 Å². The van der Waals surface area contributed by atoms with Crippen molar-refractivity contribution < 1.29 is 17.9 Å². The number of benzene rings is 1. The molecular weight excluding hydrogens is 267 g/mol. The number of halogens is 3. The van der Waals surface area contributed by atoms with Crippen LogP contribution in [0, 0.1) is 0 Å². The summed E-state index contributed by atoms with van der Waals surface area (Å²) >= 11 is 0. The van der Waals surface area contributed by atoms with Crippen LogP contribution in [-0.4, -0.2) is 18.9 Å². The number of hydrogen-bond donors (Lipinski definition) is 1. The summed E-state index contributed by atoms with van der Waals surface area (Å²) in [5, 5.41) is 3.48. The van der Waals surface area contributed by atoms with Gasteiger partial charge in [-0.15, -0.1) is 13.2 Å². The first kappa shape index (κ1) is 15.2. The van der Waals surface area contributed by atoms with Gasteiger partial charge < -0.3 is 10.1 Å². The normalized spacial score (nSPS) is 23.0. The van der Waals surface area contributed by atoms with Gasteiger partial charge in [0.2, 0.25) is 0 Å². The average molecular weight is 287 g/mol. The van der Waals surface area contributed by atoms with E-state index < -0.39 is 6.36 Å². The van der Waals surface area contributed by atoms with Crippen LogP contribution >= 0.6 is 0 Å². The standard InChI is InChI=1S/C15H20F3NO/c1-2-9-19-14-8-4-7-13(14)11-5-3-6-12(10-11)20-15(16,17)18/h3,5-6,10,13-14,19H,2,4,7-9H2,1H3. The summed E-state index contributed by atoms with van der Waals surface area (Å²) < 4.78 is 40.8. The van der Waals surface area contributed by atoms with Gasteiger partial charge in [0.25, 0.3) is 0 Å². The maximum atomic E-state index is 12.3. The predicted molar refractivity (Wildman–Crippen MR) is 71.8 cm³/mol. The molecule has 1 N–H and O–H groups in total. The molecule has 1 saturated carbocycles. The Morgan fingerprint density at radius 3 is 2.80 bits per heavy atom. The van der Waals surface area contributed by atoms with Crippen LogP contribution in [0.4, 0.5) is 13.2 Å².